The number of ether oxygens (including phenoxy) is 3. The molecular formula is C21H26N2O7. The van der Waals surface area contributed by atoms with E-state index in [-0.39, 0.29) is 36.2 Å². The Morgan fingerprint density at radius 3 is 2.13 bits per heavy atom. The topological polar surface area (TPSA) is 117 Å². The number of rotatable bonds is 8. The van der Waals surface area contributed by atoms with E-state index in [1.165, 1.54) is 31.4 Å². The molecule has 9 nitrogen and oxygen atoms in total. The fraction of sp³-hybridized carbons (Fsp3) is 0.429. The number of allylic oxidation sites excluding steroid dienone is 2. The van der Waals surface area contributed by atoms with Crippen LogP contribution in [0.3, 0.4) is 0 Å². The Morgan fingerprint density at radius 1 is 1.07 bits per heavy atom. The van der Waals surface area contributed by atoms with Crippen LogP contribution in [-0.2, 0) is 23.8 Å². The van der Waals surface area contributed by atoms with E-state index >= 15 is 0 Å². The molecular weight excluding hydrogens is 392 g/mol. The van der Waals surface area contributed by atoms with Gasteiger partial charge in [-0.05, 0) is 33.3 Å². The molecule has 1 heterocycles. The minimum absolute atomic E-state index is 0.0492. The van der Waals surface area contributed by atoms with Crippen molar-refractivity contribution in [1.29, 1.82) is 0 Å². The minimum Gasteiger partial charge on any atom is -0.460 e. The molecule has 0 spiro atoms. The SMILES string of the molecule is COCCOC(=O)C1=C(C)NC(C)=C(C(=O)OC(C)C)C1c1ccc([N+](=O)[O-])cc1. The van der Waals surface area contributed by atoms with Gasteiger partial charge in [0.15, 0.2) is 0 Å². The van der Waals surface area contributed by atoms with Crippen LogP contribution in [0.5, 0.6) is 0 Å². The van der Waals surface area contributed by atoms with Crippen LogP contribution in [0.2, 0.25) is 0 Å². The van der Waals surface area contributed by atoms with E-state index in [1.54, 1.807) is 27.7 Å². The number of non-ortho nitro benzene ring substituents is 1. The summed E-state index contributed by atoms with van der Waals surface area (Å²) in [7, 11) is 1.49. The number of methoxy groups -OCH3 is 1. The van der Waals surface area contributed by atoms with Crippen LogP contribution in [-0.4, -0.2) is 43.3 Å². The van der Waals surface area contributed by atoms with Gasteiger partial charge in [0.25, 0.3) is 5.69 Å². The van der Waals surface area contributed by atoms with E-state index in [9.17, 15) is 19.7 Å². The normalized spacial score (nSPS) is 16.4. The summed E-state index contributed by atoms with van der Waals surface area (Å²) < 4.78 is 15.6. The second kappa shape index (κ2) is 10.0. The quantitative estimate of drug-likeness (QED) is 0.296. The molecule has 1 aromatic rings. The third-order valence-electron chi connectivity index (χ3n) is 4.50. The van der Waals surface area contributed by atoms with Gasteiger partial charge in [-0.1, -0.05) is 12.1 Å². The molecule has 0 radical (unpaired) electrons. The maximum Gasteiger partial charge on any atom is 0.337 e. The highest BCUT2D eigenvalue weighted by Gasteiger charge is 2.38. The predicted octanol–water partition coefficient (Wildman–Crippen LogP) is 2.97. The molecule has 1 atom stereocenters. The number of dihydropyridines is 1. The van der Waals surface area contributed by atoms with Crippen molar-refractivity contribution in [2.24, 2.45) is 0 Å². The molecule has 162 valence electrons. The van der Waals surface area contributed by atoms with Gasteiger partial charge in [-0.2, -0.15) is 0 Å². The van der Waals surface area contributed by atoms with Crippen molar-refractivity contribution in [3.63, 3.8) is 0 Å². The molecule has 0 bridgehead atoms. The molecule has 0 aromatic heterocycles. The predicted molar refractivity (Wildman–Crippen MR) is 108 cm³/mol. The number of hydrogen-bond donors (Lipinski definition) is 1. The first kappa shape index (κ1) is 23.1. The van der Waals surface area contributed by atoms with E-state index in [0.29, 0.717) is 17.0 Å². The molecule has 9 heteroatoms. The van der Waals surface area contributed by atoms with Crippen molar-refractivity contribution in [3.05, 3.63) is 62.5 Å². The van der Waals surface area contributed by atoms with Crippen LogP contribution in [0, 0.1) is 10.1 Å². The van der Waals surface area contributed by atoms with Crippen molar-refractivity contribution < 1.29 is 28.7 Å². The Kier molecular flexibility index (Phi) is 7.71. The highest BCUT2D eigenvalue weighted by Crippen LogP contribution is 2.39. The van der Waals surface area contributed by atoms with Gasteiger partial charge in [0.2, 0.25) is 0 Å². The molecule has 2 rings (SSSR count). The van der Waals surface area contributed by atoms with E-state index in [1.807, 2.05) is 0 Å². The van der Waals surface area contributed by atoms with E-state index in [4.69, 9.17) is 14.2 Å². The molecule has 0 aliphatic carbocycles. The third-order valence-corrected chi connectivity index (χ3v) is 4.50. The number of nitrogens with zero attached hydrogens (tertiary/aromatic N) is 1. The van der Waals surface area contributed by atoms with Gasteiger partial charge in [0, 0.05) is 30.6 Å². The van der Waals surface area contributed by atoms with Crippen LogP contribution in [0.1, 0.15) is 39.2 Å². The van der Waals surface area contributed by atoms with Crippen LogP contribution in [0.4, 0.5) is 5.69 Å². The maximum absolute atomic E-state index is 12.9. The summed E-state index contributed by atoms with van der Waals surface area (Å²) in [4.78, 5) is 36.3. The largest absolute Gasteiger partial charge is 0.460 e. The number of hydrogen-bond acceptors (Lipinski definition) is 8. The molecule has 1 N–H and O–H groups in total. The minimum atomic E-state index is -0.798. The Labute approximate surface area is 174 Å². The number of esters is 2. The first-order chi connectivity index (χ1) is 14.2. The average Bonchev–Trinajstić information content (AvgIpc) is 2.66. The van der Waals surface area contributed by atoms with E-state index in [0.717, 1.165) is 0 Å². The Hall–Kier alpha value is -3.20. The van der Waals surface area contributed by atoms with Crippen molar-refractivity contribution in [3.8, 4) is 0 Å². The summed E-state index contributed by atoms with van der Waals surface area (Å²) >= 11 is 0. The molecule has 1 aliphatic heterocycles. The van der Waals surface area contributed by atoms with Crippen LogP contribution in [0.25, 0.3) is 0 Å². The van der Waals surface area contributed by atoms with Crippen molar-refractivity contribution in [2.75, 3.05) is 20.3 Å². The van der Waals surface area contributed by atoms with Gasteiger partial charge in [0.05, 0.1) is 34.7 Å². The lowest BCUT2D eigenvalue weighted by atomic mass is 9.80. The smallest absolute Gasteiger partial charge is 0.337 e. The molecule has 1 unspecified atom stereocenters. The molecule has 30 heavy (non-hydrogen) atoms. The van der Waals surface area contributed by atoms with Gasteiger partial charge in [0.1, 0.15) is 6.61 Å². The zero-order valence-corrected chi connectivity index (χ0v) is 17.7. The van der Waals surface area contributed by atoms with Crippen molar-refractivity contribution >= 4 is 17.6 Å². The van der Waals surface area contributed by atoms with Crippen molar-refractivity contribution in [1.82, 2.24) is 5.32 Å². The maximum atomic E-state index is 12.9. The van der Waals surface area contributed by atoms with E-state index < -0.39 is 22.8 Å². The van der Waals surface area contributed by atoms with Crippen LogP contribution < -0.4 is 5.32 Å². The zero-order valence-electron chi connectivity index (χ0n) is 17.7. The van der Waals surface area contributed by atoms with Gasteiger partial charge < -0.3 is 19.5 Å². The first-order valence-electron chi connectivity index (χ1n) is 9.47. The molecule has 1 aliphatic rings. The molecule has 0 fully saturated rings. The Bertz CT molecular complexity index is 885. The standard InChI is InChI=1S/C21H26N2O7/c1-12(2)30-21(25)18-14(4)22-13(3)17(20(24)29-11-10-28-5)19(18)15-6-8-16(9-7-15)23(26)27/h6-9,12,19,22H,10-11H2,1-5H3. The summed E-state index contributed by atoms with van der Waals surface area (Å²) in [5.74, 6) is -1.98. The first-order valence-corrected chi connectivity index (χ1v) is 9.47. The van der Waals surface area contributed by atoms with Gasteiger partial charge in [-0.3, -0.25) is 10.1 Å². The summed E-state index contributed by atoms with van der Waals surface area (Å²) in [5.41, 5.74) is 2.00. The second-order valence-electron chi connectivity index (χ2n) is 7.07. The zero-order chi connectivity index (χ0) is 22.4. The summed E-state index contributed by atoms with van der Waals surface area (Å²) in [6.45, 7) is 7.15. The van der Waals surface area contributed by atoms with Gasteiger partial charge in [-0.25, -0.2) is 9.59 Å². The average molecular weight is 418 g/mol. The lowest BCUT2D eigenvalue weighted by Crippen LogP contribution is -2.33. The van der Waals surface area contributed by atoms with Crippen LogP contribution in [0.15, 0.2) is 46.8 Å². The molecule has 0 saturated heterocycles. The monoisotopic (exact) mass is 418 g/mol. The molecule has 1 aromatic carbocycles. The number of benzene rings is 1. The number of nitro groups is 1. The summed E-state index contributed by atoms with van der Waals surface area (Å²) in [6.07, 6.45) is -0.362. The lowest BCUT2D eigenvalue weighted by Gasteiger charge is -2.30. The molecule has 0 saturated carbocycles. The Balaban J connectivity index is 2.55. The highest BCUT2D eigenvalue weighted by molar-refractivity contribution is 6.00. The number of carbonyl (C=O) groups is 2. The van der Waals surface area contributed by atoms with Crippen LogP contribution >= 0.6 is 0 Å². The number of nitro benzene ring substituents is 1. The fourth-order valence-corrected chi connectivity index (χ4v) is 3.23. The van der Waals surface area contributed by atoms with Gasteiger partial charge in [-0.15, -0.1) is 0 Å². The summed E-state index contributed by atoms with van der Waals surface area (Å²) in [5, 5.41) is 14.1. The van der Waals surface area contributed by atoms with Crippen molar-refractivity contribution in [2.45, 2.75) is 39.7 Å². The van der Waals surface area contributed by atoms with Gasteiger partial charge >= 0.3 is 11.9 Å². The number of nitrogens with one attached hydrogen (secondary N) is 1. The highest BCUT2D eigenvalue weighted by atomic mass is 16.6. The second-order valence-corrected chi connectivity index (χ2v) is 7.07. The van der Waals surface area contributed by atoms with E-state index in [2.05, 4.69) is 5.32 Å². The fourth-order valence-electron chi connectivity index (χ4n) is 3.23. The lowest BCUT2D eigenvalue weighted by molar-refractivity contribution is -0.384. The number of carbonyl (C=O) groups excluding carboxylic acids is 2. The third kappa shape index (κ3) is 5.24. The molecule has 0 amide bonds. The Morgan fingerprint density at radius 2 is 1.63 bits per heavy atom. The summed E-state index contributed by atoms with van der Waals surface area (Å²) in [6, 6.07) is 5.72.